The Morgan fingerprint density at radius 1 is 1.00 bits per heavy atom. The van der Waals surface area contributed by atoms with Crippen molar-refractivity contribution in [1.29, 1.82) is 0 Å². The Morgan fingerprint density at radius 2 is 1.69 bits per heavy atom. The summed E-state index contributed by atoms with van der Waals surface area (Å²) in [5.74, 6) is 0.936. The van der Waals surface area contributed by atoms with Gasteiger partial charge in [0.1, 0.15) is 5.75 Å². The minimum atomic E-state index is -0.0117. The molecular formula is C23H29N3O3. The first-order chi connectivity index (χ1) is 14.0. The van der Waals surface area contributed by atoms with Crippen LogP contribution >= 0.6 is 0 Å². The molecule has 1 heterocycles. The van der Waals surface area contributed by atoms with Crippen molar-refractivity contribution in [3.63, 3.8) is 0 Å². The van der Waals surface area contributed by atoms with Gasteiger partial charge in [0.05, 0.1) is 7.11 Å². The van der Waals surface area contributed by atoms with Gasteiger partial charge in [-0.05, 0) is 55.2 Å². The molecule has 154 valence electrons. The highest BCUT2D eigenvalue weighted by atomic mass is 16.5. The van der Waals surface area contributed by atoms with E-state index in [0.29, 0.717) is 50.3 Å². The van der Waals surface area contributed by atoms with Crippen molar-refractivity contribution in [2.24, 2.45) is 0 Å². The van der Waals surface area contributed by atoms with E-state index in [1.54, 1.807) is 19.2 Å². The van der Waals surface area contributed by atoms with Crippen LogP contribution in [-0.4, -0.2) is 54.9 Å². The zero-order valence-corrected chi connectivity index (χ0v) is 17.2. The molecule has 0 bridgehead atoms. The number of carbonyl (C=O) groups excluding carboxylic acids is 2. The van der Waals surface area contributed by atoms with Crippen molar-refractivity contribution in [2.75, 3.05) is 39.0 Å². The van der Waals surface area contributed by atoms with E-state index in [4.69, 9.17) is 10.5 Å². The average Bonchev–Trinajstić information content (AvgIpc) is 3.00. The van der Waals surface area contributed by atoms with Crippen LogP contribution in [0.3, 0.4) is 0 Å². The summed E-state index contributed by atoms with van der Waals surface area (Å²) >= 11 is 0. The molecule has 0 aliphatic carbocycles. The summed E-state index contributed by atoms with van der Waals surface area (Å²) in [4.78, 5) is 29.3. The molecule has 3 rings (SSSR count). The fraction of sp³-hybridized carbons (Fsp3) is 0.391. The number of nitrogens with zero attached hydrogens (tertiary/aromatic N) is 2. The Kier molecular flexibility index (Phi) is 6.75. The maximum atomic E-state index is 12.9. The first-order valence-corrected chi connectivity index (χ1v) is 10.0. The molecule has 2 N–H and O–H groups in total. The van der Waals surface area contributed by atoms with Gasteiger partial charge in [-0.1, -0.05) is 18.2 Å². The zero-order valence-electron chi connectivity index (χ0n) is 17.2. The molecule has 0 spiro atoms. The van der Waals surface area contributed by atoms with Gasteiger partial charge in [-0.15, -0.1) is 0 Å². The highest BCUT2D eigenvalue weighted by Gasteiger charge is 2.23. The zero-order chi connectivity index (χ0) is 20.8. The average molecular weight is 396 g/mol. The number of hydrogen-bond donors (Lipinski definition) is 1. The van der Waals surface area contributed by atoms with Crippen LogP contribution < -0.4 is 10.5 Å². The van der Waals surface area contributed by atoms with Crippen LogP contribution in [0.25, 0.3) is 0 Å². The van der Waals surface area contributed by atoms with Crippen molar-refractivity contribution in [1.82, 2.24) is 9.80 Å². The van der Waals surface area contributed by atoms with E-state index in [1.807, 2.05) is 47.1 Å². The van der Waals surface area contributed by atoms with E-state index in [1.165, 1.54) is 0 Å². The molecule has 6 heteroatoms. The van der Waals surface area contributed by atoms with Crippen LogP contribution in [-0.2, 0) is 11.2 Å². The van der Waals surface area contributed by atoms with Gasteiger partial charge in [0.25, 0.3) is 5.91 Å². The topological polar surface area (TPSA) is 75.9 Å². The van der Waals surface area contributed by atoms with Gasteiger partial charge in [-0.2, -0.15) is 0 Å². The number of ether oxygens (including phenoxy) is 1. The molecule has 2 aromatic carbocycles. The Labute approximate surface area is 172 Å². The number of rotatable bonds is 5. The quantitative estimate of drug-likeness (QED) is 0.790. The maximum absolute atomic E-state index is 12.9. The lowest BCUT2D eigenvalue weighted by atomic mass is 10.1. The van der Waals surface area contributed by atoms with Gasteiger partial charge < -0.3 is 20.3 Å². The van der Waals surface area contributed by atoms with Crippen LogP contribution in [0.1, 0.15) is 34.3 Å². The van der Waals surface area contributed by atoms with Crippen molar-refractivity contribution in [3.8, 4) is 5.75 Å². The van der Waals surface area contributed by atoms with Crippen molar-refractivity contribution in [3.05, 3.63) is 59.2 Å². The van der Waals surface area contributed by atoms with Gasteiger partial charge in [-0.3, -0.25) is 9.59 Å². The maximum Gasteiger partial charge on any atom is 0.254 e. The summed E-state index contributed by atoms with van der Waals surface area (Å²) in [7, 11) is 1.64. The van der Waals surface area contributed by atoms with Gasteiger partial charge in [-0.25, -0.2) is 0 Å². The first kappa shape index (κ1) is 20.7. The lowest BCUT2D eigenvalue weighted by molar-refractivity contribution is -0.131. The summed E-state index contributed by atoms with van der Waals surface area (Å²) in [6.07, 6.45) is 1.94. The molecule has 1 saturated heterocycles. The Hall–Kier alpha value is -3.02. The number of nitrogens with two attached hydrogens (primary N) is 1. The molecule has 0 atom stereocenters. The van der Waals surface area contributed by atoms with Crippen molar-refractivity contribution >= 4 is 17.5 Å². The third kappa shape index (κ3) is 5.28. The van der Waals surface area contributed by atoms with Crippen LogP contribution in [0.5, 0.6) is 5.75 Å². The second-order valence-corrected chi connectivity index (χ2v) is 7.45. The Bertz CT molecular complexity index is 864. The first-order valence-electron chi connectivity index (χ1n) is 10.0. The number of aryl methyl sites for hydroxylation is 2. The predicted molar refractivity (Wildman–Crippen MR) is 114 cm³/mol. The van der Waals surface area contributed by atoms with E-state index in [0.717, 1.165) is 23.3 Å². The molecule has 0 unspecified atom stereocenters. The van der Waals surface area contributed by atoms with Gasteiger partial charge >= 0.3 is 0 Å². The summed E-state index contributed by atoms with van der Waals surface area (Å²) in [5, 5.41) is 0. The van der Waals surface area contributed by atoms with Crippen LogP contribution in [0.2, 0.25) is 0 Å². The molecule has 1 fully saturated rings. The summed E-state index contributed by atoms with van der Waals surface area (Å²) < 4.78 is 5.16. The minimum Gasteiger partial charge on any atom is -0.497 e. The predicted octanol–water partition coefficient (Wildman–Crippen LogP) is 2.89. The number of anilines is 1. The molecule has 2 amide bonds. The van der Waals surface area contributed by atoms with Crippen molar-refractivity contribution < 1.29 is 14.3 Å². The van der Waals surface area contributed by atoms with Crippen LogP contribution in [0.4, 0.5) is 5.69 Å². The number of benzene rings is 2. The number of hydrogen-bond acceptors (Lipinski definition) is 4. The number of carbonyl (C=O) groups is 2. The molecule has 29 heavy (non-hydrogen) atoms. The lowest BCUT2D eigenvalue weighted by Crippen LogP contribution is -2.37. The summed E-state index contributed by atoms with van der Waals surface area (Å²) in [5.41, 5.74) is 9.12. The van der Waals surface area contributed by atoms with E-state index >= 15 is 0 Å². The molecule has 6 nitrogen and oxygen atoms in total. The lowest BCUT2D eigenvalue weighted by Gasteiger charge is -2.23. The van der Waals surface area contributed by atoms with E-state index in [-0.39, 0.29) is 11.8 Å². The second kappa shape index (κ2) is 9.45. The number of nitrogen functional groups attached to an aromatic ring is 1. The molecule has 0 saturated carbocycles. The van der Waals surface area contributed by atoms with Gasteiger partial charge in [0.2, 0.25) is 5.91 Å². The monoisotopic (exact) mass is 395 g/mol. The minimum absolute atomic E-state index is 0.0117. The largest absolute Gasteiger partial charge is 0.497 e. The molecule has 2 aromatic rings. The SMILES string of the molecule is COc1ccc(CCC(=O)N2CCCN(C(=O)c3cc(N)ccc3C)CC2)cc1. The smallest absolute Gasteiger partial charge is 0.254 e. The highest BCUT2D eigenvalue weighted by molar-refractivity contribution is 5.96. The standard InChI is InChI=1S/C23H29N3O3/c1-17-4-8-19(24)16-21(17)23(28)26-13-3-12-25(14-15-26)22(27)11-7-18-5-9-20(29-2)10-6-18/h4-6,8-10,16H,3,7,11-15,24H2,1-2H3. The van der Waals surface area contributed by atoms with E-state index in [9.17, 15) is 9.59 Å². The fourth-order valence-corrected chi connectivity index (χ4v) is 3.61. The van der Waals surface area contributed by atoms with E-state index < -0.39 is 0 Å². The molecule has 1 aliphatic rings. The second-order valence-electron chi connectivity index (χ2n) is 7.45. The number of amides is 2. The summed E-state index contributed by atoms with van der Waals surface area (Å²) in [6, 6.07) is 13.2. The number of methoxy groups -OCH3 is 1. The van der Waals surface area contributed by atoms with Crippen LogP contribution in [0, 0.1) is 6.92 Å². The molecule has 0 radical (unpaired) electrons. The molecule has 0 aromatic heterocycles. The highest BCUT2D eigenvalue weighted by Crippen LogP contribution is 2.17. The van der Waals surface area contributed by atoms with Crippen LogP contribution in [0.15, 0.2) is 42.5 Å². The van der Waals surface area contributed by atoms with E-state index in [2.05, 4.69) is 0 Å². The third-order valence-electron chi connectivity index (χ3n) is 5.41. The van der Waals surface area contributed by atoms with Crippen molar-refractivity contribution in [2.45, 2.75) is 26.2 Å². The Morgan fingerprint density at radius 3 is 2.41 bits per heavy atom. The Balaban J connectivity index is 1.55. The third-order valence-corrected chi connectivity index (χ3v) is 5.41. The summed E-state index contributed by atoms with van der Waals surface area (Å²) in [6.45, 7) is 4.35. The van der Waals surface area contributed by atoms with Gasteiger partial charge in [0.15, 0.2) is 0 Å². The molecular weight excluding hydrogens is 366 g/mol. The normalized spacial score (nSPS) is 14.4. The van der Waals surface area contributed by atoms with Gasteiger partial charge in [0, 0.05) is 43.9 Å². The fourth-order valence-electron chi connectivity index (χ4n) is 3.61. The molecule has 1 aliphatic heterocycles.